The van der Waals surface area contributed by atoms with Gasteiger partial charge < -0.3 is 15.3 Å². The second-order valence-electron chi connectivity index (χ2n) is 5.65. The van der Waals surface area contributed by atoms with E-state index in [1.54, 1.807) is 11.8 Å². The predicted molar refractivity (Wildman–Crippen MR) is 79.5 cm³/mol. The van der Waals surface area contributed by atoms with Crippen LogP contribution in [0.2, 0.25) is 0 Å². The molecule has 1 heterocycles. The topological polar surface area (TPSA) is 69.6 Å². The molecule has 1 aliphatic heterocycles. The molecule has 2 rings (SSSR count). The maximum Gasteiger partial charge on any atom is 0.222 e. The van der Waals surface area contributed by atoms with E-state index in [2.05, 4.69) is 5.32 Å². The number of hydrogen-bond donors (Lipinski definition) is 2. The Morgan fingerprint density at radius 2 is 2.10 bits per heavy atom. The number of likely N-dealkylation sites (tertiary alicyclic amines) is 1. The molecule has 1 aliphatic rings. The van der Waals surface area contributed by atoms with Gasteiger partial charge in [0.25, 0.3) is 0 Å². The molecule has 0 bridgehead atoms. The standard InChI is InChI=1S/C16H22N2O3/c1-16(21,13-6-3-2-4-7-13)12-17-14(19)9-11-18-10-5-8-15(18)20/h2-4,6-7,21H,5,8-12H2,1H3,(H,17,19). The van der Waals surface area contributed by atoms with E-state index < -0.39 is 5.60 Å². The maximum atomic E-state index is 11.8. The normalized spacial score (nSPS) is 17.6. The van der Waals surface area contributed by atoms with Crippen molar-refractivity contribution >= 4 is 11.8 Å². The summed E-state index contributed by atoms with van der Waals surface area (Å²) in [6.07, 6.45) is 1.74. The Kier molecular flexibility index (Phi) is 4.96. The van der Waals surface area contributed by atoms with Crippen molar-refractivity contribution in [2.45, 2.75) is 31.8 Å². The van der Waals surface area contributed by atoms with Gasteiger partial charge in [0.15, 0.2) is 0 Å². The first-order valence-corrected chi connectivity index (χ1v) is 7.31. The van der Waals surface area contributed by atoms with Crippen molar-refractivity contribution in [2.75, 3.05) is 19.6 Å². The summed E-state index contributed by atoms with van der Waals surface area (Å²) >= 11 is 0. The molecule has 5 heteroatoms. The minimum atomic E-state index is -1.10. The molecule has 1 atom stereocenters. The van der Waals surface area contributed by atoms with Gasteiger partial charge >= 0.3 is 0 Å². The highest BCUT2D eigenvalue weighted by Gasteiger charge is 2.24. The molecule has 0 radical (unpaired) electrons. The Morgan fingerprint density at radius 1 is 1.38 bits per heavy atom. The highest BCUT2D eigenvalue weighted by Crippen LogP contribution is 2.19. The molecule has 1 saturated heterocycles. The number of aliphatic hydroxyl groups is 1. The van der Waals surface area contributed by atoms with Crippen LogP contribution in [0, 0.1) is 0 Å². The van der Waals surface area contributed by atoms with Gasteiger partial charge in [-0.15, -0.1) is 0 Å². The van der Waals surface area contributed by atoms with Gasteiger partial charge in [0, 0.05) is 25.9 Å². The fourth-order valence-electron chi connectivity index (χ4n) is 2.44. The maximum absolute atomic E-state index is 11.8. The van der Waals surface area contributed by atoms with Crippen LogP contribution in [0.25, 0.3) is 0 Å². The fourth-order valence-corrected chi connectivity index (χ4v) is 2.44. The average Bonchev–Trinajstić information content (AvgIpc) is 2.89. The third-order valence-corrected chi connectivity index (χ3v) is 3.81. The fraction of sp³-hybridized carbons (Fsp3) is 0.500. The Labute approximate surface area is 125 Å². The number of amides is 2. The zero-order valence-corrected chi connectivity index (χ0v) is 12.3. The highest BCUT2D eigenvalue weighted by molar-refractivity contribution is 5.80. The first-order valence-electron chi connectivity index (χ1n) is 7.31. The smallest absolute Gasteiger partial charge is 0.222 e. The second-order valence-corrected chi connectivity index (χ2v) is 5.65. The lowest BCUT2D eigenvalue weighted by Gasteiger charge is -2.24. The van der Waals surface area contributed by atoms with Crippen molar-refractivity contribution in [3.63, 3.8) is 0 Å². The van der Waals surface area contributed by atoms with Crippen molar-refractivity contribution in [1.82, 2.24) is 10.2 Å². The van der Waals surface area contributed by atoms with Gasteiger partial charge in [0.1, 0.15) is 5.60 Å². The molecule has 0 aromatic heterocycles. The van der Waals surface area contributed by atoms with Crippen LogP contribution in [-0.4, -0.2) is 41.5 Å². The SMILES string of the molecule is CC(O)(CNC(=O)CCN1CCCC1=O)c1ccccc1. The second kappa shape index (κ2) is 6.72. The lowest BCUT2D eigenvalue weighted by molar-refractivity contribution is -0.128. The summed E-state index contributed by atoms with van der Waals surface area (Å²) < 4.78 is 0. The average molecular weight is 290 g/mol. The summed E-state index contributed by atoms with van der Waals surface area (Å²) in [4.78, 5) is 25.0. The summed E-state index contributed by atoms with van der Waals surface area (Å²) in [5.41, 5.74) is -0.333. The van der Waals surface area contributed by atoms with Crippen LogP contribution in [0.15, 0.2) is 30.3 Å². The predicted octanol–water partition coefficient (Wildman–Crippen LogP) is 1.02. The Balaban J connectivity index is 1.77. The van der Waals surface area contributed by atoms with E-state index in [0.717, 1.165) is 18.5 Å². The molecule has 1 fully saturated rings. The monoisotopic (exact) mass is 290 g/mol. The van der Waals surface area contributed by atoms with E-state index in [0.29, 0.717) is 13.0 Å². The number of nitrogens with zero attached hydrogens (tertiary/aromatic N) is 1. The number of rotatable bonds is 6. The molecule has 1 aromatic carbocycles. The zero-order valence-electron chi connectivity index (χ0n) is 12.3. The van der Waals surface area contributed by atoms with E-state index in [9.17, 15) is 14.7 Å². The summed E-state index contributed by atoms with van der Waals surface area (Å²) in [7, 11) is 0. The van der Waals surface area contributed by atoms with Crippen molar-refractivity contribution in [2.24, 2.45) is 0 Å². The minimum absolute atomic E-state index is 0.124. The van der Waals surface area contributed by atoms with Crippen molar-refractivity contribution in [3.05, 3.63) is 35.9 Å². The number of carbonyl (C=O) groups is 2. The molecule has 5 nitrogen and oxygen atoms in total. The Bertz CT molecular complexity index is 500. The molecule has 0 aliphatic carbocycles. The van der Waals surface area contributed by atoms with E-state index in [1.807, 2.05) is 30.3 Å². The number of benzene rings is 1. The number of nitrogens with one attached hydrogen (secondary N) is 1. The molecular weight excluding hydrogens is 268 g/mol. The van der Waals surface area contributed by atoms with Crippen LogP contribution in [0.3, 0.4) is 0 Å². The van der Waals surface area contributed by atoms with Crippen molar-refractivity contribution < 1.29 is 14.7 Å². The van der Waals surface area contributed by atoms with Crippen molar-refractivity contribution in [3.8, 4) is 0 Å². The van der Waals surface area contributed by atoms with Crippen molar-refractivity contribution in [1.29, 1.82) is 0 Å². The summed E-state index contributed by atoms with van der Waals surface area (Å²) in [5.74, 6) is -0.0232. The molecule has 2 amide bonds. The number of carbonyl (C=O) groups excluding carboxylic acids is 2. The molecule has 0 saturated carbocycles. The number of hydrogen-bond acceptors (Lipinski definition) is 3. The lowest BCUT2D eigenvalue weighted by atomic mass is 9.96. The molecular formula is C16H22N2O3. The van der Waals surface area contributed by atoms with Gasteiger partial charge in [-0.1, -0.05) is 30.3 Å². The molecule has 1 aromatic rings. The van der Waals surface area contributed by atoms with Crippen LogP contribution in [0.5, 0.6) is 0 Å². The Morgan fingerprint density at radius 3 is 2.71 bits per heavy atom. The van der Waals surface area contributed by atoms with Crippen LogP contribution in [0.4, 0.5) is 0 Å². The molecule has 1 unspecified atom stereocenters. The van der Waals surface area contributed by atoms with Crippen LogP contribution in [-0.2, 0) is 15.2 Å². The van der Waals surface area contributed by atoms with Gasteiger partial charge in [-0.05, 0) is 18.9 Å². The summed E-state index contributed by atoms with van der Waals surface area (Å²) in [6.45, 7) is 3.03. The quantitative estimate of drug-likeness (QED) is 0.822. The van der Waals surface area contributed by atoms with Gasteiger partial charge in [-0.3, -0.25) is 9.59 Å². The highest BCUT2D eigenvalue weighted by atomic mass is 16.3. The van der Waals surface area contributed by atoms with Crippen LogP contribution in [0.1, 0.15) is 31.7 Å². The van der Waals surface area contributed by atoms with Gasteiger partial charge in [0.2, 0.25) is 11.8 Å². The first-order chi connectivity index (χ1) is 9.99. The van der Waals surface area contributed by atoms with Gasteiger partial charge in [-0.2, -0.15) is 0 Å². The van der Waals surface area contributed by atoms with Gasteiger partial charge in [-0.25, -0.2) is 0 Å². The van der Waals surface area contributed by atoms with E-state index >= 15 is 0 Å². The largest absolute Gasteiger partial charge is 0.384 e. The van der Waals surface area contributed by atoms with E-state index in [4.69, 9.17) is 0 Å². The zero-order chi connectivity index (χ0) is 15.3. The lowest BCUT2D eigenvalue weighted by Crippen LogP contribution is -2.40. The van der Waals surface area contributed by atoms with E-state index in [1.165, 1.54) is 0 Å². The molecule has 0 spiro atoms. The third-order valence-electron chi connectivity index (χ3n) is 3.81. The molecule has 2 N–H and O–H groups in total. The van der Waals surface area contributed by atoms with Crippen LogP contribution >= 0.6 is 0 Å². The van der Waals surface area contributed by atoms with Crippen LogP contribution < -0.4 is 5.32 Å². The third kappa shape index (κ3) is 4.29. The molecule has 114 valence electrons. The molecule has 21 heavy (non-hydrogen) atoms. The van der Waals surface area contributed by atoms with E-state index in [-0.39, 0.29) is 24.8 Å². The first kappa shape index (κ1) is 15.5. The summed E-state index contributed by atoms with van der Waals surface area (Å²) in [5, 5.41) is 13.1. The minimum Gasteiger partial charge on any atom is -0.384 e. The summed E-state index contributed by atoms with van der Waals surface area (Å²) in [6, 6.07) is 9.24. The van der Waals surface area contributed by atoms with Gasteiger partial charge in [0.05, 0.1) is 6.54 Å². The Hall–Kier alpha value is -1.88.